The van der Waals surface area contributed by atoms with Gasteiger partial charge in [-0.3, -0.25) is 4.79 Å². The molecule has 2 N–H and O–H groups in total. The van der Waals surface area contributed by atoms with Gasteiger partial charge in [-0.15, -0.1) is 0 Å². The first-order valence-electron chi connectivity index (χ1n) is 5.24. The summed E-state index contributed by atoms with van der Waals surface area (Å²) in [6.07, 6.45) is 3.94. The lowest BCUT2D eigenvalue weighted by Gasteiger charge is -2.12. The van der Waals surface area contributed by atoms with Gasteiger partial charge in [0.15, 0.2) is 0 Å². The van der Waals surface area contributed by atoms with Gasteiger partial charge in [0, 0.05) is 11.3 Å². The van der Waals surface area contributed by atoms with Crippen LogP contribution in [0.4, 0.5) is 5.69 Å². The van der Waals surface area contributed by atoms with Crippen molar-refractivity contribution in [3.8, 4) is 0 Å². The number of carboxylic acid groups (broad SMARTS) is 1. The molecular weight excluding hydrogens is 202 g/mol. The van der Waals surface area contributed by atoms with Gasteiger partial charge in [0.05, 0.1) is 0 Å². The highest BCUT2D eigenvalue weighted by Gasteiger charge is 2.06. The first kappa shape index (κ1) is 12.3. The Morgan fingerprint density at radius 1 is 1.44 bits per heavy atom. The number of hydrogen-bond acceptors (Lipinski definition) is 2. The second-order valence-corrected chi connectivity index (χ2v) is 3.72. The van der Waals surface area contributed by atoms with E-state index >= 15 is 0 Å². The van der Waals surface area contributed by atoms with Crippen LogP contribution in [0.1, 0.15) is 23.6 Å². The largest absolute Gasteiger partial charge is 0.480 e. The second kappa shape index (κ2) is 5.35. The molecule has 1 aromatic carbocycles. The first-order chi connectivity index (χ1) is 7.56. The fraction of sp³-hybridized carbons (Fsp3) is 0.308. The minimum Gasteiger partial charge on any atom is -0.480 e. The van der Waals surface area contributed by atoms with Gasteiger partial charge < -0.3 is 10.4 Å². The number of anilines is 1. The Labute approximate surface area is 95.8 Å². The summed E-state index contributed by atoms with van der Waals surface area (Å²) in [5.41, 5.74) is 4.30. The average molecular weight is 219 g/mol. The lowest BCUT2D eigenvalue weighted by atomic mass is 10.0. The van der Waals surface area contributed by atoms with E-state index in [0.29, 0.717) is 0 Å². The van der Waals surface area contributed by atoms with Crippen molar-refractivity contribution >= 4 is 17.7 Å². The number of aliphatic carboxylic acids is 1. The van der Waals surface area contributed by atoms with Crippen LogP contribution in [0.3, 0.4) is 0 Å². The number of carboxylic acids is 1. The predicted molar refractivity (Wildman–Crippen MR) is 66.7 cm³/mol. The summed E-state index contributed by atoms with van der Waals surface area (Å²) in [7, 11) is 0. The zero-order valence-electron chi connectivity index (χ0n) is 9.87. The molecule has 0 heterocycles. The van der Waals surface area contributed by atoms with Gasteiger partial charge in [0.25, 0.3) is 0 Å². The maximum atomic E-state index is 10.5. The Hall–Kier alpha value is -1.77. The minimum absolute atomic E-state index is 0.0624. The third-order valence-corrected chi connectivity index (χ3v) is 2.55. The third kappa shape index (κ3) is 2.86. The van der Waals surface area contributed by atoms with E-state index in [1.165, 1.54) is 11.1 Å². The summed E-state index contributed by atoms with van der Waals surface area (Å²) in [5, 5.41) is 11.6. The van der Waals surface area contributed by atoms with Gasteiger partial charge in [-0.1, -0.05) is 18.2 Å². The summed E-state index contributed by atoms with van der Waals surface area (Å²) in [4.78, 5) is 10.5. The molecule has 0 atom stereocenters. The van der Waals surface area contributed by atoms with Crippen molar-refractivity contribution in [2.45, 2.75) is 20.8 Å². The Balaban J connectivity index is 3.07. The fourth-order valence-corrected chi connectivity index (χ4v) is 1.54. The molecule has 1 aromatic rings. The predicted octanol–water partition coefficient (Wildman–Crippen LogP) is 2.83. The van der Waals surface area contributed by atoms with Crippen LogP contribution in [0.2, 0.25) is 0 Å². The molecular formula is C13H17NO2. The molecule has 1 rings (SSSR count). The van der Waals surface area contributed by atoms with Crippen LogP contribution in [0.15, 0.2) is 18.2 Å². The number of nitrogens with one attached hydrogen (secondary N) is 1. The highest BCUT2D eigenvalue weighted by atomic mass is 16.4. The molecule has 0 unspecified atom stereocenters. The van der Waals surface area contributed by atoms with Gasteiger partial charge in [-0.25, -0.2) is 0 Å². The van der Waals surface area contributed by atoms with Crippen LogP contribution in [0, 0.1) is 13.8 Å². The Morgan fingerprint density at radius 2 is 2.12 bits per heavy atom. The van der Waals surface area contributed by atoms with Crippen molar-refractivity contribution in [1.29, 1.82) is 0 Å². The van der Waals surface area contributed by atoms with Crippen LogP contribution in [-0.2, 0) is 4.79 Å². The molecule has 0 aliphatic heterocycles. The van der Waals surface area contributed by atoms with Crippen LogP contribution in [0.5, 0.6) is 0 Å². The molecule has 3 heteroatoms. The molecule has 3 nitrogen and oxygen atoms in total. The Kier molecular flexibility index (Phi) is 4.11. The molecule has 0 aromatic heterocycles. The van der Waals surface area contributed by atoms with E-state index in [9.17, 15) is 4.79 Å². The summed E-state index contributed by atoms with van der Waals surface area (Å²) in [6, 6.07) is 3.91. The molecule has 86 valence electrons. The smallest absolute Gasteiger partial charge is 0.322 e. The average Bonchev–Trinajstić information content (AvgIpc) is 2.24. The van der Waals surface area contributed by atoms with Crippen molar-refractivity contribution in [2.24, 2.45) is 0 Å². The molecule has 0 spiro atoms. The number of aryl methyl sites for hydroxylation is 1. The van der Waals surface area contributed by atoms with Gasteiger partial charge in [0.2, 0.25) is 0 Å². The minimum atomic E-state index is -0.857. The van der Waals surface area contributed by atoms with Crippen molar-refractivity contribution in [3.05, 3.63) is 34.9 Å². The maximum Gasteiger partial charge on any atom is 0.322 e. The highest BCUT2D eigenvalue weighted by Crippen LogP contribution is 2.24. The van der Waals surface area contributed by atoms with E-state index in [4.69, 9.17) is 5.11 Å². The normalized spacial score (nSPS) is 10.7. The van der Waals surface area contributed by atoms with Gasteiger partial charge >= 0.3 is 5.97 Å². The Morgan fingerprint density at radius 3 is 2.69 bits per heavy atom. The summed E-state index contributed by atoms with van der Waals surface area (Å²) in [5.74, 6) is -0.857. The maximum absolute atomic E-state index is 10.5. The Bertz CT molecular complexity index is 422. The van der Waals surface area contributed by atoms with E-state index in [1.807, 2.05) is 45.1 Å². The van der Waals surface area contributed by atoms with E-state index in [2.05, 4.69) is 5.32 Å². The standard InChI is InChI=1S/C13H17NO2/c1-4-5-11-10(3)9(2)6-7-12(11)14-8-13(15)16/h4-7,14H,8H2,1-3H3,(H,15,16)/b5-4+. The van der Waals surface area contributed by atoms with Gasteiger partial charge in [0.1, 0.15) is 6.54 Å². The number of allylic oxidation sites excluding steroid dienone is 1. The lowest BCUT2D eigenvalue weighted by Crippen LogP contribution is -2.13. The second-order valence-electron chi connectivity index (χ2n) is 3.72. The molecule has 0 amide bonds. The van der Waals surface area contributed by atoms with E-state index in [1.54, 1.807) is 0 Å². The topological polar surface area (TPSA) is 49.3 Å². The van der Waals surface area contributed by atoms with Gasteiger partial charge in [-0.2, -0.15) is 0 Å². The van der Waals surface area contributed by atoms with Crippen LogP contribution in [0.25, 0.3) is 6.08 Å². The molecule has 0 fully saturated rings. The molecule has 0 bridgehead atoms. The van der Waals surface area contributed by atoms with Crippen LogP contribution < -0.4 is 5.32 Å². The van der Waals surface area contributed by atoms with E-state index in [0.717, 1.165) is 11.3 Å². The first-order valence-corrected chi connectivity index (χ1v) is 5.24. The van der Waals surface area contributed by atoms with Crippen molar-refractivity contribution in [2.75, 3.05) is 11.9 Å². The van der Waals surface area contributed by atoms with E-state index in [-0.39, 0.29) is 6.54 Å². The van der Waals surface area contributed by atoms with Crippen molar-refractivity contribution in [3.63, 3.8) is 0 Å². The quantitative estimate of drug-likeness (QED) is 0.818. The molecule has 0 aliphatic rings. The summed E-state index contributed by atoms with van der Waals surface area (Å²) in [6.45, 7) is 5.97. The SMILES string of the molecule is C/C=C/c1c(NCC(=O)O)ccc(C)c1C. The lowest BCUT2D eigenvalue weighted by molar-refractivity contribution is -0.134. The number of rotatable bonds is 4. The molecule has 0 aliphatic carbocycles. The van der Waals surface area contributed by atoms with E-state index < -0.39 is 5.97 Å². The molecule has 16 heavy (non-hydrogen) atoms. The zero-order valence-corrected chi connectivity index (χ0v) is 9.87. The highest BCUT2D eigenvalue weighted by molar-refractivity contribution is 5.77. The summed E-state index contributed by atoms with van der Waals surface area (Å²) >= 11 is 0. The van der Waals surface area contributed by atoms with Crippen LogP contribution >= 0.6 is 0 Å². The van der Waals surface area contributed by atoms with Gasteiger partial charge in [-0.05, 0) is 38.0 Å². The van der Waals surface area contributed by atoms with Crippen molar-refractivity contribution in [1.82, 2.24) is 0 Å². The van der Waals surface area contributed by atoms with Crippen LogP contribution in [-0.4, -0.2) is 17.6 Å². The number of benzene rings is 1. The molecule has 0 saturated carbocycles. The molecule has 0 saturated heterocycles. The molecule has 0 radical (unpaired) electrons. The van der Waals surface area contributed by atoms with Crippen molar-refractivity contribution < 1.29 is 9.90 Å². The zero-order chi connectivity index (χ0) is 12.1. The monoisotopic (exact) mass is 219 g/mol. The third-order valence-electron chi connectivity index (χ3n) is 2.55. The number of carbonyl (C=O) groups is 1. The fourth-order valence-electron chi connectivity index (χ4n) is 1.54. The summed E-state index contributed by atoms with van der Waals surface area (Å²) < 4.78 is 0. The number of hydrogen-bond donors (Lipinski definition) is 2.